The first-order chi connectivity index (χ1) is 12.4. The van der Waals surface area contributed by atoms with E-state index in [0.29, 0.717) is 22.5 Å². The van der Waals surface area contributed by atoms with Crippen LogP contribution in [0.4, 0.5) is 5.13 Å². The maximum absolute atomic E-state index is 12.6. The fourth-order valence-corrected chi connectivity index (χ4v) is 4.38. The zero-order valence-corrected chi connectivity index (χ0v) is 15.0. The number of thiazole rings is 1. The lowest BCUT2D eigenvalue weighted by molar-refractivity contribution is 0.528. The number of hydrogen-bond acceptors (Lipinski definition) is 7. The number of oxazole rings is 1. The minimum Gasteiger partial charge on any atom is -0.408 e. The molecule has 4 aromatic rings. The smallest absolute Gasteiger partial charge is 0.408 e. The summed E-state index contributed by atoms with van der Waals surface area (Å²) in [5.74, 6) is -0.553. The highest BCUT2D eigenvalue weighted by Gasteiger charge is 2.19. The Morgan fingerprint density at radius 3 is 2.81 bits per heavy atom. The van der Waals surface area contributed by atoms with Crippen molar-refractivity contribution >= 4 is 37.6 Å². The zero-order valence-electron chi connectivity index (χ0n) is 13.4. The van der Waals surface area contributed by atoms with E-state index in [2.05, 4.69) is 14.7 Å². The number of benzene rings is 1. The number of fused-ring (bicyclic) bond motifs is 1. The van der Waals surface area contributed by atoms with Crippen LogP contribution in [0.5, 0.6) is 0 Å². The Balaban J connectivity index is 1.66. The molecule has 4 rings (SSSR count). The number of anilines is 1. The molecule has 0 aliphatic rings. The van der Waals surface area contributed by atoms with Gasteiger partial charge in [0.1, 0.15) is 5.69 Å². The van der Waals surface area contributed by atoms with Crippen molar-refractivity contribution < 1.29 is 12.8 Å². The summed E-state index contributed by atoms with van der Waals surface area (Å²) in [5, 5.41) is 1.95. The molecule has 1 aromatic carbocycles. The van der Waals surface area contributed by atoms with E-state index in [1.165, 1.54) is 29.8 Å². The lowest BCUT2D eigenvalue weighted by Gasteiger charge is -2.05. The van der Waals surface area contributed by atoms with E-state index >= 15 is 0 Å². The summed E-state index contributed by atoms with van der Waals surface area (Å²) in [6, 6.07) is 9.62. The SMILES string of the molecule is Cn1c(=O)oc2ccc(S(=O)(=O)Nc3nc(-c4ccccn4)cs3)cc21. The first kappa shape index (κ1) is 16.5. The summed E-state index contributed by atoms with van der Waals surface area (Å²) in [7, 11) is -2.35. The van der Waals surface area contributed by atoms with Gasteiger partial charge in [0.15, 0.2) is 10.7 Å². The summed E-state index contributed by atoms with van der Waals surface area (Å²) in [6.07, 6.45) is 1.64. The van der Waals surface area contributed by atoms with Gasteiger partial charge in [-0.3, -0.25) is 14.3 Å². The molecule has 26 heavy (non-hydrogen) atoms. The Kier molecular flexibility index (Phi) is 3.85. The second-order valence-electron chi connectivity index (χ2n) is 5.41. The Morgan fingerprint density at radius 1 is 1.19 bits per heavy atom. The van der Waals surface area contributed by atoms with Gasteiger partial charge >= 0.3 is 5.76 Å². The molecule has 132 valence electrons. The quantitative estimate of drug-likeness (QED) is 0.575. The van der Waals surface area contributed by atoms with Crippen LogP contribution in [0, 0.1) is 0 Å². The van der Waals surface area contributed by atoms with Crippen LogP contribution in [0.3, 0.4) is 0 Å². The molecule has 8 nitrogen and oxygen atoms in total. The predicted molar refractivity (Wildman–Crippen MR) is 97.6 cm³/mol. The third-order valence-corrected chi connectivity index (χ3v) is 5.95. The molecule has 0 saturated carbocycles. The van der Waals surface area contributed by atoms with Crippen LogP contribution in [-0.2, 0) is 17.1 Å². The van der Waals surface area contributed by atoms with Gasteiger partial charge in [-0.1, -0.05) is 6.07 Å². The first-order valence-electron chi connectivity index (χ1n) is 7.43. The molecule has 10 heteroatoms. The molecule has 0 radical (unpaired) electrons. The minimum absolute atomic E-state index is 0.0102. The second kappa shape index (κ2) is 6.07. The lowest BCUT2D eigenvalue weighted by atomic mass is 10.3. The van der Waals surface area contributed by atoms with Crippen LogP contribution in [0.1, 0.15) is 0 Å². The van der Waals surface area contributed by atoms with E-state index in [1.807, 2.05) is 6.07 Å². The van der Waals surface area contributed by atoms with Crippen LogP contribution in [0.2, 0.25) is 0 Å². The monoisotopic (exact) mass is 388 g/mol. The van der Waals surface area contributed by atoms with E-state index in [0.717, 1.165) is 11.3 Å². The molecule has 0 atom stereocenters. The highest BCUT2D eigenvalue weighted by molar-refractivity contribution is 7.93. The Labute approximate surface area is 151 Å². The third-order valence-electron chi connectivity index (χ3n) is 3.73. The van der Waals surface area contributed by atoms with E-state index in [1.54, 1.807) is 23.7 Å². The van der Waals surface area contributed by atoms with Crippen molar-refractivity contribution in [2.45, 2.75) is 4.90 Å². The zero-order chi connectivity index (χ0) is 18.3. The van der Waals surface area contributed by atoms with Crippen molar-refractivity contribution in [3.8, 4) is 11.4 Å². The van der Waals surface area contributed by atoms with Gasteiger partial charge in [-0.25, -0.2) is 18.2 Å². The highest BCUT2D eigenvalue weighted by atomic mass is 32.2. The molecule has 0 spiro atoms. The van der Waals surface area contributed by atoms with Crippen LogP contribution in [0.25, 0.3) is 22.5 Å². The number of aryl methyl sites for hydroxylation is 1. The van der Waals surface area contributed by atoms with Gasteiger partial charge in [-0.15, -0.1) is 11.3 Å². The summed E-state index contributed by atoms with van der Waals surface area (Å²) in [4.78, 5) is 20.0. The predicted octanol–water partition coefficient (Wildman–Crippen LogP) is 2.45. The molecule has 0 amide bonds. The van der Waals surface area contributed by atoms with E-state index in [4.69, 9.17) is 4.42 Å². The molecular formula is C16H12N4O4S2. The van der Waals surface area contributed by atoms with Crippen LogP contribution in [0.15, 0.2) is 62.1 Å². The normalized spacial score (nSPS) is 11.7. The summed E-state index contributed by atoms with van der Waals surface area (Å²) in [6.45, 7) is 0. The molecule has 0 fully saturated rings. The number of nitrogens with one attached hydrogen (secondary N) is 1. The van der Waals surface area contributed by atoms with Gasteiger partial charge in [-0.2, -0.15) is 0 Å². The summed E-state index contributed by atoms with van der Waals surface area (Å²) >= 11 is 1.16. The number of nitrogens with zero attached hydrogens (tertiary/aromatic N) is 3. The number of hydrogen-bond donors (Lipinski definition) is 1. The second-order valence-corrected chi connectivity index (χ2v) is 7.96. The fraction of sp³-hybridized carbons (Fsp3) is 0.0625. The van der Waals surface area contributed by atoms with Gasteiger partial charge in [-0.05, 0) is 30.3 Å². The van der Waals surface area contributed by atoms with Crippen molar-refractivity contribution in [3.63, 3.8) is 0 Å². The number of aromatic nitrogens is 3. The third kappa shape index (κ3) is 2.89. The maximum Gasteiger partial charge on any atom is 0.419 e. The topological polar surface area (TPSA) is 107 Å². The van der Waals surface area contributed by atoms with Gasteiger partial charge in [0.05, 0.1) is 16.1 Å². The van der Waals surface area contributed by atoms with Crippen molar-refractivity contribution in [1.29, 1.82) is 0 Å². The summed E-state index contributed by atoms with van der Waals surface area (Å²) < 4.78 is 34.0. The number of pyridine rings is 1. The van der Waals surface area contributed by atoms with Gasteiger partial charge in [0.2, 0.25) is 0 Å². The van der Waals surface area contributed by atoms with E-state index < -0.39 is 15.8 Å². The molecule has 3 heterocycles. The molecule has 0 unspecified atom stereocenters. The number of sulfonamides is 1. The van der Waals surface area contributed by atoms with Crippen molar-refractivity contribution in [2.75, 3.05) is 4.72 Å². The van der Waals surface area contributed by atoms with E-state index in [-0.39, 0.29) is 10.0 Å². The Bertz CT molecular complexity index is 1260. The molecule has 0 aliphatic carbocycles. The molecule has 0 bridgehead atoms. The molecule has 0 aliphatic heterocycles. The van der Waals surface area contributed by atoms with Gasteiger partial charge < -0.3 is 4.42 Å². The van der Waals surface area contributed by atoms with Gasteiger partial charge in [0.25, 0.3) is 10.0 Å². The van der Waals surface area contributed by atoms with Gasteiger partial charge in [0, 0.05) is 18.6 Å². The first-order valence-corrected chi connectivity index (χ1v) is 9.80. The molecule has 3 aromatic heterocycles. The standard InChI is InChI=1S/C16H12N4O4S2/c1-20-13-8-10(5-6-14(13)24-16(20)21)26(22,23)19-15-18-12(9-25-15)11-4-2-3-7-17-11/h2-9H,1H3,(H,18,19). The molecular weight excluding hydrogens is 376 g/mol. The maximum atomic E-state index is 12.6. The minimum atomic E-state index is -3.86. The average Bonchev–Trinajstić information content (AvgIpc) is 3.20. The summed E-state index contributed by atoms with van der Waals surface area (Å²) in [5.41, 5.74) is 1.96. The highest BCUT2D eigenvalue weighted by Crippen LogP contribution is 2.26. The van der Waals surface area contributed by atoms with Crippen LogP contribution in [-0.4, -0.2) is 23.0 Å². The Hall–Kier alpha value is -2.98. The van der Waals surface area contributed by atoms with Crippen LogP contribution >= 0.6 is 11.3 Å². The largest absolute Gasteiger partial charge is 0.419 e. The van der Waals surface area contributed by atoms with Crippen LogP contribution < -0.4 is 10.5 Å². The fourth-order valence-electron chi connectivity index (χ4n) is 2.40. The van der Waals surface area contributed by atoms with Crippen molar-refractivity contribution in [3.05, 3.63) is 58.5 Å². The number of rotatable bonds is 4. The Morgan fingerprint density at radius 2 is 2.04 bits per heavy atom. The molecule has 0 saturated heterocycles. The molecule has 1 N–H and O–H groups in total. The van der Waals surface area contributed by atoms with Crippen molar-refractivity contribution in [2.24, 2.45) is 7.05 Å². The van der Waals surface area contributed by atoms with E-state index in [9.17, 15) is 13.2 Å². The lowest BCUT2D eigenvalue weighted by Crippen LogP contribution is -2.13. The van der Waals surface area contributed by atoms with Crippen molar-refractivity contribution in [1.82, 2.24) is 14.5 Å². The average molecular weight is 388 g/mol.